The summed E-state index contributed by atoms with van der Waals surface area (Å²) >= 11 is 1.83. The summed E-state index contributed by atoms with van der Waals surface area (Å²) in [6.45, 7) is 5.18. The molecule has 0 aliphatic heterocycles. The van der Waals surface area contributed by atoms with Crippen LogP contribution in [0.3, 0.4) is 0 Å². The molecule has 1 aliphatic carbocycles. The molecule has 1 N–H and O–H groups in total. The van der Waals surface area contributed by atoms with Crippen LogP contribution in [0, 0.1) is 0 Å². The second kappa shape index (κ2) is 7.05. The summed E-state index contributed by atoms with van der Waals surface area (Å²) in [5, 5.41) is 5.62. The van der Waals surface area contributed by atoms with Crippen molar-refractivity contribution in [1.29, 1.82) is 0 Å². The Morgan fingerprint density at radius 2 is 2.29 bits per heavy atom. The summed E-state index contributed by atoms with van der Waals surface area (Å²) in [5.41, 5.74) is 1.32. The van der Waals surface area contributed by atoms with Gasteiger partial charge in [-0.25, -0.2) is 4.98 Å². The molecule has 2 heterocycles. The van der Waals surface area contributed by atoms with Crippen molar-refractivity contribution in [3.8, 4) is 0 Å². The van der Waals surface area contributed by atoms with Gasteiger partial charge in [-0.2, -0.15) is 0 Å². The van der Waals surface area contributed by atoms with E-state index in [-0.39, 0.29) is 0 Å². The summed E-state index contributed by atoms with van der Waals surface area (Å²) in [4.78, 5) is 8.49. The van der Waals surface area contributed by atoms with Gasteiger partial charge in [0.1, 0.15) is 5.82 Å². The normalized spacial score (nSPS) is 14.3. The lowest BCUT2D eigenvalue weighted by molar-refractivity contribution is 0.674. The second-order valence-electron chi connectivity index (χ2n) is 5.64. The van der Waals surface area contributed by atoms with E-state index in [9.17, 15) is 0 Å². The second-order valence-corrected chi connectivity index (χ2v) is 6.67. The standard InChI is InChI=1S/C17H23N3S/c1-2-8-18-12-14-7-9-19-17(11-14)20(15-5-6-15)13-16-4-3-10-21-16/h3-4,7,9-11,15,18H,2,5-6,8,12-13H2,1H3. The van der Waals surface area contributed by atoms with Crippen LogP contribution in [0.5, 0.6) is 0 Å². The third-order valence-corrected chi connectivity index (χ3v) is 4.62. The highest BCUT2D eigenvalue weighted by molar-refractivity contribution is 7.09. The van der Waals surface area contributed by atoms with Gasteiger partial charge < -0.3 is 10.2 Å². The van der Waals surface area contributed by atoms with E-state index in [0.717, 1.165) is 25.5 Å². The number of pyridine rings is 1. The molecule has 1 saturated carbocycles. The fourth-order valence-corrected chi connectivity index (χ4v) is 3.19. The minimum atomic E-state index is 0.679. The highest BCUT2D eigenvalue weighted by Gasteiger charge is 2.30. The van der Waals surface area contributed by atoms with Gasteiger partial charge in [0.05, 0.1) is 6.54 Å². The molecule has 0 radical (unpaired) electrons. The number of hydrogen-bond donors (Lipinski definition) is 1. The van der Waals surface area contributed by atoms with Gasteiger partial charge in [-0.1, -0.05) is 13.0 Å². The number of nitrogens with zero attached hydrogens (tertiary/aromatic N) is 2. The monoisotopic (exact) mass is 301 g/mol. The predicted molar refractivity (Wildman–Crippen MR) is 89.8 cm³/mol. The molecule has 0 atom stereocenters. The Balaban J connectivity index is 1.71. The van der Waals surface area contributed by atoms with Gasteiger partial charge in [-0.05, 0) is 54.9 Å². The molecule has 21 heavy (non-hydrogen) atoms. The Hall–Kier alpha value is -1.39. The zero-order valence-corrected chi connectivity index (χ0v) is 13.4. The van der Waals surface area contributed by atoms with Crippen molar-refractivity contribution >= 4 is 17.2 Å². The molecule has 0 bridgehead atoms. The lowest BCUT2D eigenvalue weighted by atomic mass is 10.2. The maximum Gasteiger partial charge on any atom is 0.129 e. The Kier molecular flexibility index (Phi) is 4.88. The summed E-state index contributed by atoms with van der Waals surface area (Å²) in [6.07, 6.45) is 5.71. The lowest BCUT2D eigenvalue weighted by Gasteiger charge is -2.23. The molecule has 0 unspecified atom stereocenters. The lowest BCUT2D eigenvalue weighted by Crippen LogP contribution is -2.25. The molecule has 0 saturated heterocycles. The summed E-state index contributed by atoms with van der Waals surface area (Å²) < 4.78 is 0. The topological polar surface area (TPSA) is 28.2 Å². The van der Waals surface area contributed by atoms with Crippen molar-refractivity contribution in [2.75, 3.05) is 11.4 Å². The van der Waals surface area contributed by atoms with E-state index in [4.69, 9.17) is 0 Å². The predicted octanol–water partition coefficient (Wildman–Crippen LogP) is 3.81. The minimum absolute atomic E-state index is 0.679. The van der Waals surface area contributed by atoms with Crippen molar-refractivity contribution in [2.24, 2.45) is 0 Å². The summed E-state index contributed by atoms with van der Waals surface area (Å²) in [5.74, 6) is 1.13. The minimum Gasteiger partial charge on any atom is -0.348 e. The molecule has 4 heteroatoms. The van der Waals surface area contributed by atoms with Crippen molar-refractivity contribution in [1.82, 2.24) is 10.3 Å². The van der Waals surface area contributed by atoms with Crippen LogP contribution in [0.1, 0.15) is 36.6 Å². The van der Waals surface area contributed by atoms with Gasteiger partial charge in [0.25, 0.3) is 0 Å². The van der Waals surface area contributed by atoms with Crippen LogP contribution in [0.15, 0.2) is 35.8 Å². The number of hydrogen-bond acceptors (Lipinski definition) is 4. The maximum atomic E-state index is 4.61. The molecule has 1 fully saturated rings. The van der Waals surface area contributed by atoms with Gasteiger partial charge >= 0.3 is 0 Å². The highest BCUT2D eigenvalue weighted by atomic mass is 32.1. The van der Waals surface area contributed by atoms with Crippen LogP contribution in [0.25, 0.3) is 0 Å². The first-order valence-corrected chi connectivity index (χ1v) is 8.69. The van der Waals surface area contributed by atoms with E-state index in [1.165, 1.54) is 29.7 Å². The number of thiophene rings is 1. The van der Waals surface area contributed by atoms with Crippen molar-refractivity contribution in [3.63, 3.8) is 0 Å². The van der Waals surface area contributed by atoms with E-state index in [1.54, 1.807) is 0 Å². The third-order valence-electron chi connectivity index (χ3n) is 3.75. The largest absolute Gasteiger partial charge is 0.348 e. The Morgan fingerprint density at radius 1 is 1.38 bits per heavy atom. The fraction of sp³-hybridized carbons (Fsp3) is 0.471. The highest BCUT2D eigenvalue weighted by Crippen LogP contribution is 2.32. The molecule has 112 valence electrons. The molecular formula is C17H23N3S. The van der Waals surface area contributed by atoms with Crippen LogP contribution in [-0.4, -0.2) is 17.6 Å². The molecule has 1 aliphatic rings. The number of rotatable bonds is 8. The molecule has 0 aromatic carbocycles. The number of nitrogens with one attached hydrogen (secondary N) is 1. The van der Waals surface area contributed by atoms with E-state index >= 15 is 0 Å². The van der Waals surface area contributed by atoms with Crippen LogP contribution in [-0.2, 0) is 13.1 Å². The number of aromatic nitrogens is 1. The fourth-order valence-electron chi connectivity index (χ4n) is 2.49. The SMILES string of the molecule is CCCNCc1ccnc(N(Cc2cccs2)C2CC2)c1. The Morgan fingerprint density at radius 3 is 3.00 bits per heavy atom. The van der Waals surface area contributed by atoms with Gasteiger partial charge in [-0.3, -0.25) is 0 Å². The molecule has 3 nitrogen and oxygen atoms in total. The van der Waals surface area contributed by atoms with Crippen molar-refractivity contribution < 1.29 is 0 Å². The Bertz CT molecular complexity index is 549. The van der Waals surface area contributed by atoms with E-state index in [1.807, 2.05) is 17.5 Å². The first-order chi connectivity index (χ1) is 10.4. The maximum absolute atomic E-state index is 4.61. The summed E-state index contributed by atoms with van der Waals surface area (Å²) in [6, 6.07) is 9.38. The first kappa shape index (κ1) is 14.5. The average molecular weight is 301 g/mol. The van der Waals surface area contributed by atoms with Gasteiger partial charge in [0.2, 0.25) is 0 Å². The zero-order valence-electron chi connectivity index (χ0n) is 12.6. The van der Waals surface area contributed by atoms with Gasteiger partial charge in [-0.15, -0.1) is 11.3 Å². The quantitative estimate of drug-likeness (QED) is 0.751. The van der Waals surface area contributed by atoms with Crippen LogP contribution >= 0.6 is 11.3 Å². The van der Waals surface area contributed by atoms with E-state index in [2.05, 4.69) is 51.8 Å². The van der Waals surface area contributed by atoms with Crippen molar-refractivity contribution in [3.05, 3.63) is 46.3 Å². The van der Waals surface area contributed by atoms with Gasteiger partial charge in [0.15, 0.2) is 0 Å². The van der Waals surface area contributed by atoms with Crippen molar-refractivity contribution in [2.45, 2.75) is 45.3 Å². The molecule has 3 rings (SSSR count). The van der Waals surface area contributed by atoms with Crippen LogP contribution < -0.4 is 10.2 Å². The first-order valence-electron chi connectivity index (χ1n) is 7.81. The Labute approximate surface area is 131 Å². The average Bonchev–Trinajstić information content (AvgIpc) is 3.22. The van der Waals surface area contributed by atoms with E-state index < -0.39 is 0 Å². The zero-order chi connectivity index (χ0) is 14.5. The van der Waals surface area contributed by atoms with Crippen LogP contribution in [0.4, 0.5) is 5.82 Å². The molecular weight excluding hydrogens is 278 g/mol. The summed E-state index contributed by atoms with van der Waals surface area (Å²) in [7, 11) is 0. The molecule has 0 amide bonds. The molecule has 2 aromatic heterocycles. The number of anilines is 1. The van der Waals surface area contributed by atoms with E-state index in [0.29, 0.717) is 6.04 Å². The molecule has 0 spiro atoms. The molecule has 2 aromatic rings. The smallest absolute Gasteiger partial charge is 0.129 e. The van der Waals surface area contributed by atoms with Crippen LogP contribution in [0.2, 0.25) is 0 Å². The third kappa shape index (κ3) is 4.05. The van der Waals surface area contributed by atoms with Gasteiger partial charge in [0, 0.05) is 23.7 Å².